The summed E-state index contributed by atoms with van der Waals surface area (Å²) in [5, 5.41) is 3.15. The molecule has 0 bridgehead atoms. The second kappa shape index (κ2) is 4.33. The Bertz CT molecular complexity index is 205. The van der Waals surface area contributed by atoms with Gasteiger partial charge < -0.3 is 5.32 Å². The summed E-state index contributed by atoms with van der Waals surface area (Å²) in [5.74, 6) is 0.964. The molecular weight excluding hydrogens is 174 g/mol. The Balaban J connectivity index is 2.40. The van der Waals surface area contributed by atoms with Crippen molar-refractivity contribution >= 4 is 5.91 Å². The first-order valence-electron chi connectivity index (χ1n) is 5.70. The predicted molar refractivity (Wildman–Crippen MR) is 59.0 cm³/mol. The van der Waals surface area contributed by atoms with E-state index in [-0.39, 0.29) is 11.3 Å². The van der Waals surface area contributed by atoms with Crippen molar-refractivity contribution in [2.45, 2.75) is 59.4 Å². The fourth-order valence-electron chi connectivity index (χ4n) is 1.97. The van der Waals surface area contributed by atoms with Crippen molar-refractivity contribution in [2.24, 2.45) is 11.3 Å². The smallest absolute Gasteiger partial charge is 0.225 e. The molecule has 0 heterocycles. The van der Waals surface area contributed by atoms with E-state index in [0.29, 0.717) is 6.04 Å². The number of amides is 1. The average molecular weight is 197 g/mol. The first kappa shape index (κ1) is 11.5. The van der Waals surface area contributed by atoms with Crippen LogP contribution >= 0.6 is 0 Å². The minimum Gasteiger partial charge on any atom is -0.353 e. The third-order valence-corrected chi connectivity index (χ3v) is 2.95. The highest BCUT2D eigenvalue weighted by atomic mass is 16.2. The van der Waals surface area contributed by atoms with Crippen LogP contribution in [0.4, 0.5) is 0 Å². The van der Waals surface area contributed by atoms with Gasteiger partial charge in [0.25, 0.3) is 0 Å². The van der Waals surface area contributed by atoms with Crippen molar-refractivity contribution in [1.29, 1.82) is 0 Å². The molecule has 1 fully saturated rings. The van der Waals surface area contributed by atoms with E-state index in [4.69, 9.17) is 0 Å². The minimum atomic E-state index is -0.249. The van der Waals surface area contributed by atoms with Crippen LogP contribution < -0.4 is 5.32 Å². The lowest BCUT2D eigenvalue weighted by atomic mass is 9.86. The first-order chi connectivity index (χ1) is 6.39. The van der Waals surface area contributed by atoms with Gasteiger partial charge in [-0.1, -0.05) is 40.5 Å². The number of hydrogen-bond donors (Lipinski definition) is 1. The second-order valence-electron chi connectivity index (χ2n) is 5.69. The molecule has 2 atom stereocenters. The van der Waals surface area contributed by atoms with E-state index in [1.807, 2.05) is 20.8 Å². The molecule has 1 aliphatic rings. The lowest BCUT2D eigenvalue weighted by Crippen LogP contribution is -2.43. The molecule has 82 valence electrons. The minimum absolute atomic E-state index is 0.191. The molecule has 0 aromatic rings. The standard InChI is InChI=1S/C12H23NO/c1-9-6-5-7-10(8-9)13-11(14)12(2,3)4/h9-10H,5-8H2,1-4H3,(H,13,14)/t9-,10+/m1/s1. The van der Waals surface area contributed by atoms with Gasteiger partial charge in [-0.3, -0.25) is 4.79 Å². The van der Waals surface area contributed by atoms with Crippen LogP contribution in [0.3, 0.4) is 0 Å². The monoisotopic (exact) mass is 197 g/mol. The number of carbonyl (C=O) groups excluding carboxylic acids is 1. The van der Waals surface area contributed by atoms with E-state index in [0.717, 1.165) is 18.8 Å². The Morgan fingerprint density at radius 1 is 1.29 bits per heavy atom. The Morgan fingerprint density at radius 3 is 2.43 bits per heavy atom. The molecule has 0 aromatic carbocycles. The van der Waals surface area contributed by atoms with Gasteiger partial charge in [-0.15, -0.1) is 0 Å². The molecule has 0 saturated heterocycles. The molecule has 2 nitrogen and oxygen atoms in total. The summed E-state index contributed by atoms with van der Waals surface area (Å²) in [6, 6.07) is 0.422. The summed E-state index contributed by atoms with van der Waals surface area (Å²) in [4.78, 5) is 11.7. The first-order valence-corrected chi connectivity index (χ1v) is 5.70. The van der Waals surface area contributed by atoms with Crippen molar-refractivity contribution in [2.75, 3.05) is 0 Å². The highest BCUT2D eigenvalue weighted by Crippen LogP contribution is 2.24. The quantitative estimate of drug-likeness (QED) is 0.688. The number of rotatable bonds is 1. The van der Waals surface area contributed by atoms with Crippen molar-refractivity contribution in [1.82, 2.24) is 5.32 Å². The molecule has 1 amide bonds. The molecule has 1 aliphatic carbocycles. The van der Waals surface area contributed by atoms with Gasteiger partial charge >= 0.3 is 0 Å². The number of carbonyl (C=O) groups is 1. The number of hydrogen-bond acceptors (Lipinski definition) is 1. The van der Waals surface area contributed by atoms with Gasteiger partial charge in [0.1, 0.15) is 0 Å². The SMILES string of the molecule is C[C@@H]1CCC[C@H](NC(=O)C(C)(C)C)C1. The van der Waals surface area contributed by atoms with Crippen LogP contribution in [0.15, 0.2) is 0 Å². The van der Waals surface area contributed by atoms with Crippen LogP contribution in [-0.2, 0) is 4.79 Å². The van der Waals surface area contributed by atoms with E-state index >= 15 is 0 Å². The summed E-state index contributed by atoms with van der Waals surface area (Å²) in [5.41, 5.74) is -0.249. The Kier molecular flexibility index (Phi) is 3.57. The van der Waals surface area contributed by atoms with E-state index in [9.17, 15) is 4.79 Å². The summed E-state index contributed by atoms with van der Waals surface area (Å²) in [7, 11) is 0. The van der Waals surface area contributed by atoms with Crippen LogP contribution in [0.25, 0.3) is 0 Å². The van der Waals surface area contributed by atoms with E-state index in [2.05, 4.69) is 12.2 Å². The van der Waals surface area contributed by atoms with E-state index < -0.39 is 0 Å². The molecule has 1 N–H and O–H groups in total. The average Bonchev–Trinajstić information content (AvgIpc) is 2.02. The van der Waals surface area contributed by atoms with Gasteiger partial charge in [0.15, 0.2) is 0 Å². The molecule has 0 spiro atoms. The van der Waals surface area contributed by atoms with Crippen LogP contribution in [-0.4, -0.2) is 11.9 Å². The third kappa shape index (κ3) is 3.32. The lowest BCUT2D eigenvalue weighted by Gasteiger charge is -2.30. The van der Waals surface area contributed by atoms with Gasteiger partial charge in [0, 0.05) is 11.5 Å². The van der Waals surface area contributed by atoms with Crippen molar-refractivity contribution in [3.8, 4) is 0 Å². The molecule has 0 aromatic heterocycles. The molecule has 1 saturated carbocycles. The molecule has 1 rings (SSSR count). The largest absolute Gasteiger partial charge is 0.353 e. The molecule has 2 heteroatoms. The molecule has 0 unspecified atom stereocenters. The molecular formula is C12H23NO. The molecule has 0 radical (unpaired) electrons. The summed E-state index contributed by atoms with van der Waals surface area (Å²) >= 11 is 0. The maximum absolute atomic E-state index is 11.7. The molecule has 0 aliphatic heterocycles. The maximum atomic E-state index is 11.7. The van der Waals surface area contributed by atoms with Crippen LogP contribution in [0.1, 0.15) is 53.4 Å². The van der Waals surface area contributed by atoms with Crippen LogP contribution in [0.2, 0.25) is 0 Å². The van der Waals surface area contributed by atoms with Crippen molar-refractivity contribution < 1.29 is 4.79 Å². The van der Waals surface area contributed by atoms with Gasteiger partial charge in [-0.25, -0.2) is 0 Å². The zero-order valence-electron chi connectivity index (χ0n) is 9.89. The highest BCUT2D eigenvalue weighted by Gasteiger charge is 2.26. The van der Waals surface area contributed by atoms with Gasteiger partial charge in [-0.2, -0.15) is 0 Å². The maximum Gasteiger partial charge on any atom is 0.225 e. The zero-order chi connectivity index (χ0) is 10.8. The van der Waals surface area contributed by atoms with Gasteiger partial charge in [-0.05, 0) is 18.8 Å². The summed E-state index contributed by atoms with van der Waals surface area (Å²) in [6.45, 7) is 8.17. The normalized spacial score (nSPS) is 28.6. The van der Waals surface area contributed by atoms with Crippen molar-refractivity contribution in [3.63, 3.8) is 0 Å². The second-order valence-corrected chi connectivity index (χ2v) is 5.69. The predicted octanol–water partition coefficient (Wildman–Crippen LogP) is 2.73. The Labute approximate surface area is 87.5 Å². The van der Waals surface area contributed by atoms with Crippen molar-refractivity contribution in [3.05, 3.63) is 0 Å². The summed E-state index contributed by atoms with van der Waals surface area (Å²) < 4.78 is 0. The fourth-order valence-corrected chi connectivity index (χ4v) is 1.97. The fraction of sp³-hybridized carbons (Fsp3) is 0.917. The highest BCUT2D eigenvalue weighted by molar-refractivity contribution is 5.81. The van der Waals surface area contributed by atoms with Gasteiger partial charge in [0.2, 0.25) is 5.91 Å². The lowest BCUT2D eigenvalue weighted by molar-refractivity contribution is -0.129. The summed E-state index contributed by atoms with van der Waals surface area (Å²) in [6.07, 6.45) is 4.89. The van der Waals surface area contributed by atoms with E-state index in [1.165, 1.54) is 12.8 Å². The molecule has 14 heavy (non-hydrogen) atoms. The van der Waals surface area contributed by atoms with Crippen LogP contribution in [0, 0.1) is 11.3 Å². The van der Waals surface area contributed by atoms with Gasteiger partial charge in [0.05, 0.1) is 0 Å². The number of nitrogens with one attached hydrogen (secondary N) is 1. The Hall–Kier alpha value is -0.530. The zero-order valence-corrected chi connectivity index (χ0v) is 9.89. The van der Waals surface area contributed by atoms with Crippen LogP contribution in [0.5, 0.6) is 0 Å². The Morgan fingerprint density at radius 2 is 1.93 bits per heavy atom. The third-order valence-electron chi connectivity index (χ3n) is 2.95. The van der Waals surface area contributed by atoms with E-state index in [1.54, 1.807) is 0 Å². The topological polar surface area (TPSA) is 29.1 Å².